The first kappa shape index (κ1) is 11.9. The van der Waals surface area contributed by atoms with Gasteiger partial charge in [0.2, 0.25) is 0 Å². The SMILES string of the molecule is CCC(Oc1ccccc1SC)C(=O)O. The number of hydrogen-bond donors (Lipinski definition) is 1. The van der Waals surface area contributed by atoms with Crippen molar-refractivity contribution in [1.82, 2.24) is 0 Å². The fraction of sp³-hybridized carbons (Fsp3) is 0.364. The third-order valence-electron chi connectivity index (χ3n) is 1.98. The molecule has 0 amide bonds. The van der Waals surface area contributed by atoms with E-state index in [9.17, 15) is 4.79 Å². The molecule has 0 spiro atoms. The van der Waals surface area contributed by atoms with Crippen LogP contribution in [0.1, 0.15) is 13.3 Å². The van der Waals surface area contributed by atoms with E-state index in [-0.39, 0.29) is 0 Å². The fourth-order valence-corrected chi connectivity index (χ4v) is 1.71. The number of carbonyl (C=O) groups is 1. The zero-order valence-corrected chi connectivity index (χ0v) is 9.58. The minimum atomic E-state index is -0.923. The minimum absolute atomic E-state index is 0.456. The fourth-order valence-electron chi connectivity index (χ4n) is 1.18. The van der Waals surface area contributed by atoms with Crippen LogP contribution in [0.4, 0.5) is 0 Å². The molecule has 3 nitrogen and oxygen atoms in total. The van der Waals surface area contributed by atoms with Crippen LogP contribution in [0.3, 0.4) is 0 Å². The maximum Gasteiger partial charge on any atom is 0.344 e. The highest BCUT2D eigenvalue weighted by atomic mass is 32.2. The quantitative estimate of drug-likeness (QED) is 0.784. The first-order chi connectivity index (χ1) is 7.19. The normalized spacial score (nSPS) is 12.1. The average molecular weight is 226 g/mol. The standard InChI is InChI=1S/C11H14O3S/c1-3-8(11(12)13)14-9-6-4-5-7-10(9)15-2/h4-8H,3H2,1-2H3,(H,12,13). The van der Waals surface area contributed by atoms with Gasteiger partial charge in [-0.15, -0.1) is 11.8 Å². The maximum atomic E-state index is 10.8. The number of carboxylic acids is 1. The smallest absolute Gasteiger partial charge is 0.344 e. The molecule has 0 fully saturated rings. The third kappa shape index (κ3) is 3.16. The van der Waals surface area contributed by atoms with E-state index in [0.29, 0.717) is 12.2 Å². The Morgan fingerprint density at radius 3 is 2.73 bits per heavy atom. The second kappa shape index (κ2) is 5.66. The summed E-state index contributed by atoms with van der Waals surface area (Å²) in [6.07, 6.45) is 1.63. The molecule has 15 heavy (non-hydrogen) atoms. The molecule has 0 aliphatic carbocycles. The molecule has 82 valence electrons. The largest absolute Gasteiger partial charge is 0.479 e. The molecule has 0 aliphatic rings. The van der Waals surface area contributed by atoms with Crippen LogP contribution >= 0.6 is 11.8 Å². The Hall–Kier alpha value is -1.16. The summed E-state index contributed by atoms with van der Waals surface area (Å²) in [6, 6.07) is 7.44. The molecule has 0 aliphatic heterocycles. The van der Waals surface area contributed by atoms with Gasteiger partial charge in [0.15, 0.2) is 6.10 Å². The highest BCUT2D eigenvalue weighted by Gasteiger charge is 2.17. The van der Waals surface area contributed by atoms with Gasteiger partial charge in [0.05, 0.1) is 0 Å². The van der Waals surface area contributed by atoms with Crippen molar-refractivity contribution in [3.05, 3.63) is 24.3 Å². The summed E-state index contributed by atoms with van der Waals surface area (Å²) >= 11 is 1.54. The van der Waals surface area contributed by atoms with E-state index < -0.39 is 12.1 Å². The maximum absolute atomic E-state index is 10.8. The summed E-state index contributed by atoms with van der Waals surface area (Å²) < 4.78 is 5.43. The Labute approximate surface area is 93.4 Å². The molecular formula is C11H14O3S. The molecule has 4 heteroatoms. The molecule has 1 unspecified atom stereocenters. The average Bonchev–Trinajstić information content (AvgIpc) is 2.25. The number of rotatable bonds is 5. The number of benzene rings is 1. The predicted molar refractivity (Wildman–Crippen MR) is 60.6 cm³/mol. The van der Waals surface area contributed by atoms with Gasteiger partial charge in [0.25, 0.3) is 0 Å². The van der Waals surface area contributed by atoms with Gasteiger partial charge in [-0.05, 0) is 24.8 Å². The van der Waals surface area contributed by atoms with Crippen LogP contribution in [0.25, 0.3) is 0 Å². The monoisotopic (exact) mass is 226 g/mol. The number of carboxylic acid groups (broad SMARTS) is 1. The molecule has 0 saturated carbocycles. The summed E-state index contributed by atoms with van der Waals surface area (Å²) in [6.45, 7) is 1.79. The van der Waals surface area contributed by atoms with Gasteiger partial charge in [-0.2, -0.15) is 0 Å². The van der Waals surface area contributed by atoms with E-state index in [2.05, 4.69) is 0 Å². The Bertz CT molecular complexity index is 338. The van der Waals surface area contributed by atoms with Crippen LogP contribution in [-0.4, -0.2) is 23.4 Å². The summed E-state index contributed by atoms with van der Waals surface area (Å²) in [7, 11) is 0. The van der Waals surface area contributed by atoms with E-state index in [1.54, 1.807) is 24.8 Å². The van der Waals surface area contributed by atoms with Gasteiger partial charge in [-0.1, -0.05) is 19.1 Å². The molecule has 1 aromatic rings. The zero-order chi connectivity index (χ0) is 11.3. The Morgan fingerprint density at radius 1 is 1.53 bits per heavy atom. The van der Waals surface area contributed by atoms with Gasteiger partial charge < -0.3 is 9.84 Å². The molecule has 0 saturated heterocycles. The summed E-state index contributed by atoms with van der Waals surface area (Å²) in [5.41, 5.74) is 0. The Morgan fingerprint density at radius 2 is 2.20 bits per heavy atom. The molecule has 0 bridgehead atoms. The predicted octanol–water partition coefficient (Wildman–Crippen LogP) is 2.65. The first-order valence-corrected chi connectivity index (χ1v) is 5.94. The van der Waals surface area contributed by atoms with E-state index in [1.165, 1.54) is 0 Å². The van der Waals surface area contributed by atoms with Gasteiger partial charge in [0.1, 0.15) is 5.75 Å². The van der Waals surface area contributed by atoms with Crippen molar-refractivity contribution in [3.63, 3.8) is 0 Å². The highest BCUT2D eigenvalue weighted by Crippen LogP contribution is 2.28. The lowest BCUT2D eigenvalue weighted by Gasteiger charge is -2.15. The van der Waals surface area contributed by atoms with Gasteiger partial charge >= 0.3 is 5.97 Å². The van der Waals surface area contributed by atoms with Crippen LogP contribution < -0.4 is 4.74 Å². The molecule has 0 heterocycles. The second-order valence-corrected chi connectivity index (χ2v) is 3.85. The molecule has 1 N–H and O–H groups in total. The molecule has 1 atom stereocenters. The molecule has 0 aromatic heterocycles. The minimum Gasteiger partial charge on any atom is -0.479 e. The van der Waals surface area contributed by atoms with Crippen LogP contribution in [0.2, 0.25) is 0 Å². The number of hydrogen-bond acceptors (Lipinski definition) is 3. The molecule has 0 radical (unpaired) electrons. The second-order valence-electron chi connectivity index (χ2n) is 3.00. The lowest BCUT2D eigenvalue weighted by atomic mass is 10.2. The number of aliphatic carboxylic acids is 1. The van der Waals surface area contributed by atoms with Gasteiger partial charge in [0, 0.05) is 4.90 Å². The van der Waals surface area contributed by atoms with E-state index in [0.717, 1.165) is 4.90 Å². The number of para-hydroxylation sites is 1. The zero-order valence-electron chi connectivity index (χ0n) is 8.77. The van der Waals surface area contributed by atoms with Crippen molar-refractivity contribution in [2.45, 2.75) is 24.3 Å². The van der Waals surface area contributed by atoms with E-state index in [1.807, 2.05) is 24.5 Å². The number of thioether (sulfide) groups is 1. The summed E-state index contributed by atoms with van der Waals surface area (Å²) in [5, 5.41) is 8.87. The van der Waals surface area contributed by atoms with Crippen LogP contribution in [0, 0.1) is 0 Å². The van der Waals surface area contributed by atoms with Crippen molar-refractivity contribution >= 4 is 17.7 Å². The molecular weight excluding hydrogens is 212 g/mol. The van der Waals surface area contributed by atoms with Crippen molar-refractivity contribution in [1.29, 1.82) is 0 Å². The third-order valence-corrected chi connectivity index (χ3v) is 2.76. The highest BCUT2D eigenvalue weighted by molar-refractivity contribution is 7.98. The Balaban J connectivity index is 2.82. The van der Waals surface area contributed by atoms with Crippen LogP contribution in [0.5, 0.6) is 5.75 Å². The number of ether oxygens (including phenoxy) is 1. The van der Waals surface area contributed by atoms with Gasteiger partial charge in [-0.3, -0.25) is 0 Å². The van der Waals surface area contributed by atoms with E-state index >= 15 is 0 Å². The van der Waals surface area contributed by atoms with Crippen molar-refractivity contribution < 1.29 is 14.6 Å². The van der Waals surface area contributed by atoms with Gasteiger partial charge in [-0.25, -0.2) is 4.79 Å². The molecule has 1 rings (SSSR count). The van der Waals surface area contributed by atoms with Crippen molar-refractivity contribution in [3.8, 4) is 5.75 Å². The van der Waals surface area contributed by atoms with E-state index in [4.69, 9.17) is 9.84 Å². The topological polar surface area (TPSA) is 46.5 Å². The van der Waals surface area contributed by atoms with Crippen molar-refractivity contribution in [2.75, 3.05) is 6.26 Å². The van der Waals surface area contributed by atoms with Crippen LogP contribution in [-0.2, 0) is 4.79 Å². The van der Waals surface area contributed by atoms with Crippen LogP contribution in [0.15, 0.2) is 29.2 Å². The molecule has 1 aromatic carbocycles. The Kier molecular flexibility index (Phi) is 4.49. The first-order valence-electron chi connectivity index (χ1n) is 4.71. The lowest BCUT2D eigenvalue weighted by molar-refractivity contribution is -0.145. The summed E-state index contributed by atoms with van der Waals surface area (Å²) in [5.74, 6) is -0.285. The van der Waals surface area contributed by atoms with Crippen molar-refractivity contribution in [2.24, 2.45) is 0 Å². The summed E-state index contributed by atoms with van der Waals surface area (Å²) in [4.78, 5) is 11.8. The lowest BCUT2D eigenvalue weighted by Crippen LogP contribution is -2.26.